The van der Waals surface area contributed by atoms with Crippen molar-refractivity contribution in [2.24, 2.45) is 4.99 Å². The Labute approximate surface area is 179 Å². The van der Waals surface area contributed by atoms with Gasteiger partial charge in [0.2, 0.25) is 0 Å². The molecule has 2 saturated heterocycles. The molecule has 1 aliphatic carbocycles. The van der Waals surface area contributed by atoms with Crippen molar-refractivity contribution in [1.29, 1.82) is 0 Å². The number of ether oxygens (including phenoxy) is 1. The van der Waals surface area contributed by atoms with Gasteiger partial charge in [0.15, 0.2) is 5.96 Å². The summed E-state index contributed by atoms with van der Waals surface area (Å²) in [5.41, 5.74) is 3.61. The van der Waals surface area contributed by atoms with Crippen LogP contribution in [0.2, 0.25) is 0 Å². The summed E-state index contributed by atoms with van der Waals surface area (Å²) in [4.78, 5) is 21.6. The molecular formula is C23H34N4O3. The number of piperazine rings is 1. The van der Waals surface area contributed by atoms with Crippen LogP contribution in [0.3, 0.4) is 0 Å². The summed E-state index contributed by atoms with van der Waals surface area (Å²) in [5, 5.41) is 13.8. The predicted octanol–water partition coefficient (Wildman–Crippen LogP) is 2.06. The van der Waals surface area contributed by atoms with Gasteiger partial charge in [-0.1, -0.05) is 6.07 Å². The van der Waals surface area contributed by atoms with E-state index in [9.17, 15) is 9.90 Å². The minimum Gasteiger partial charge on any atom is -0.508 e. The number of hydrogen-bond acceptors (Lipinski definition) is 4. The molecule has 4 rings (SSSR count). The van der Waals surface area contributed by atoms with E-state index in [0.717, 1.165) is 56.8 Å². The number of aliphatic imine (C=N–C) groups is 1. The number of hydrogen-bond donors (Lipinski definition) is 2. The largest absolute Gasteiger partial charge is 0.508 e. The minimum atomic E-state index is -0.245. The highest BCUT2D eigenvalue weighted by molar-refractivity contribution is 5.83. The number of benzene rings is 1. The molecule has 2 fully saturated rings. The highest BCUT2D eigenvalue weighted by Crippen LogP contribution is 2.31. The van der Waals surface area contributed by atoms with E-state index in [2.05, 4.69) is 23.2 Å². The molecule has 30 heavy (non-hydrogen) atoms. The van der Waals surface area contributed by atoms with Gasteiger partial charge in [0, 0.05) is 44.9 Å². The summed E-state index contributed by atoms with van der Waals surface area (Å²) >= 11 is 0. The van der Waals surface area contributed by atoms with Gasteiger partial charge in [-0.2, -0.15) is 0 Å². The lowest BCUT2D eigenvalue weighted by molar-refractivity contribution is -0.142. The molecule has 1 aromatic carbocycles. The molecule has 7 nitrogen and oxygen atoms in total. The number of phenols is 1. The standard InChI is InChI=1S/C23H34N4O3/c1-2-24-23(25-16-19-18-7-4-3-6-17(18)9-10-20(19)28)27-13-11-26(12-14-27)22(29)21-8-5-15-30-21/h9-10,21,28H,2-8,11-16H2,1H3,(H,24,25). The molecule has 7 heteroatoms. The maximum Gasteiger partial charge on any atom is 0.251 e. The molecule has 0 spiro atoms. The number of nitrogens with one attached hydrogen (secondary N) is 1. The normalized spacial score (nSPS) is 22.2. The van der Waals surface area contributed by atoms with Gasteiger partial charge in [-0.25, -0.2) is 4.99 Å². The summed E-state index contributed by atoms with van der Waals surface area (Å²) in [7, 11) is 0. The Kier molecular flexibility index (Phi) is 6.77. The van der Waals surface area contributed by atoms with Crippen LogP contribution in [0.5, 0.6) is 5.75 Å². The summed E-state index contributed by atoms with van der Waals surface area (Å²) in [6.45, 7) is 6.91. The zero-order valence-corrected chi connectivity index (χ0v) is 18.0. The van der Waals surface area contributed by atoms with Gasteiger partial charge in [-0.15, -0.1) is 0 Å². The molecule has 2 heterocycles. The first-order valence-electron chi connectivity index (χ1n) is 11.4. The van der Waals surface area contributed by atoms with Crippen LogP contribution in [0.4, 0.5) is 0 Å². The van der Waals surface area contributed by atoms with Gasteiger partial charge in [-0.05, 0) is 62.6 Å². The van der Waals surface area contributed by atoms with Gasteiger partial charge in [0.05, 0.1) is 6.54 Å². The number of carbonyl (C=O) groups excluding carboxylic acids is 1. The fraction of sp³-hybridized carbons (Fsp3) is 0.652. The molecule has 0 saturated carbocycles. The number of fused-ring (bicyclic) bond motifs is 1. The number of rotatable bonds is 4. The summed E-state index contributed by atoms with van der Waals surface area (Å²) < 4.78 is 5.56. The molecule has 0 radical (unpaired) electrons. The first kappa shape index (κ1) is 21.0. The fourth-order valence-electron chi connectivity index (χ4n) is 4.76. The lowest BCUT2D eigenvalue weighted by atomic mass is 9.88. The van der Waals surface area contributed by atoms with Crippen LogP contribution in [-0.2, 0) is 28.9 Å². The zero-order chi connectivity index (χ0) is 20.9. The summed E-state index contributed by atoms with van der Waals surface area (Å²) in [5.74, 6) is 1.34. The van der Waals surface area contributed by atoms with Crippen LogP contribution in [0, 0.1) is 0 Å². The van der Waals surface area contributed by atoms with Gasteiger partial charge < -0.3 is 25.0 Å². The zero-order valence-electron chi connectivity index (χ0n) is 18.0. The maximum atomic E-state index is 12.6. The van der Waals surface area contributed by atoms with E-state index in [1.54, 1.807) is 0 Å². The Balaban J connectivity index is 1.42. The second-order valence-electron chi connectivity index (χ2n) is 8.39. The lowest BCUT2D eigenvalue weighted by Gasteiger charge is -2.37. The monoisotopic (exact) mass is 414 g/mol. The summed E-state index contributed by atoms with van der Waals surface area (Å²) in [6, 6.07) is 3.88. The van der Waals surface area contributed by atoms with E-state index in [4.69, 9.17) is 9.73 Å². The number of aromatic hydroxyl groups is 1. The Bertz CT molecular complexity index is 781. The van der Waals surface area contributed by atoms with Gasteiger partial charge >= 0.3 is 0 Å². The Morgan fingerprint density at radius 3 is 2.67 bits per heavy atom. The van der Waals surface area contributed by atoms with Crippen LogP contribution < -0.4 is 5.32 Å². The Hall–Kier alpha value is -2.28. The average Bonchev–Trinajstić information content (AvgIpc) is 3.32. The van der Waals surface area contributed by atoms with E-state index in [1.165, 1.54) is 24.0 Å². The van der Waals surface area contributed by atoms with Gasteiger partial charge in [0.25, 0.3) is 5.91 Å². The molecule has 0 bridgehead atoms. The van der Waals surface area contributed by atoms with Crippen LogP contribution in [0.15, 0.2) is 17.1 Å². The van der Waals surface area contributed by atoms with Gasteiger partial charge in [-0.3, -0.25) is 4.79 Å². The average molecular weight is 415 g/mol. The van der Waals surface area contributed by atoms with Crippen molar-refractivity contribution in [3.8, 4) is 5.75 Å². The molecule has 164 valence electrons. The topological polar surface area (TPSA) is 77.4 Å². The first-order valence-corrected chi connectivity index (χ1v) is 11.4. The van der Waals surface area contributed by atoms with Crippen LogP contribution in [0.25, 0.3) is 0 Å². The lowest BCUT2D eigenvalue weighted by Crippen LogP contribution is -2.55. The third kappa shape index (κ3) is 4.56. The smallest absolute Gasteiger partial charge is 0.251 e. The first-order chi connectivity index (χ1) is 14.7. The molecule has 0 aromatic heterocycles. The highest BCUT2D eigenvalue weighted by atomic mass is 16.5. The fourth-order valence-corrected chi connectivity index (χ4v) is 4.76. The number of nitrogens with zero attached hydrogens (tertiary/aromatic N) is 3. The third-order valence-electron chi connectivity index (χ3n) is 6.44. The molecule has 2 N–H and O–H groups in total. The number of aryl methyl sites for hydroxylation is 1. The van der Waals surface area contributed by atoms with E-state index in [0.29, 0.717) is 32.0 Å². The van der Waals surface area contributed by atoms with Crippen LogP contribution >= 0.6 is 0 Å². The van der Waals surface area contributed by atoms with Crippen molar-refractivity contribution >= 4 is 11.9 Å². The van der Waals surface area contributed by atoms with Crippen molar-refractivity contribution in [3.05, 3.63) is 28.8 Å². The number of amides is 1. The van der Waals surface area contributed by atoms with Crippen molar-refractivity contribution in [2.45, 2.75) is 58.1 Å². The number of carbonyl (C=O) groups is 1. The van der Waals surface area contributed by atoms with E-state index >= 15 is 0 Å². The Morgan fingerprint density at radius 2 is 1.93 bits per heavy atom. The SMILES string of the molecule is CCNC(=NCc1c(O)ccc2c1CCCC2)N1CCN(C(=O)C2CCCO2)CC1. The van der Waals surface area contributed by atoms with E-state index in [1.807, 2.05) is 11.0 Å². The second-order valence-corrected chi connectivity index (χ2v) is 8.39. The van der Waals surface area contributed by atoms with Crippen LogP contribution in [-0.4, -0.2) is 72.2 Å². The maximum absolute atomic E-state index is 12.6. The van der Waals surface area contributed by atoms with Crippen LogP contribution in [0.1, 0.15) is 49.3 Å². The summed E-state index contributed by atoms with van der Waals surface area (Å²) in [6.07, 6.45) is 6.08. The van der Waals surface area contributed by atoms with Gasteiger partial charge in [0.1, 0.15) is 11.9 Å². The van der Waals surface area contributed by atoms with E-state index < -0.39 is 0 Å². The van der Waals surface area contributed by atoms with Crippen molar-refractivity contribution in [1.82, 2.24) is 15.1 Å². The van der Waals surface area contributed by atoms with Crippen molar-refractivity contribution in [3.63, 3.8) is 0 Å². The molecule has 1 aromatic rings. The number of phenolic OH excluding ortho intramolecular Hbond substituents is 1. The van der Waals surface area contributed by atoms with E-state index in [-0.39, 0.29) is 12.0 Å². The van der Waals surface area contributed by atoms with Crippen molar-refractivity contribution < 1.29 is 14.6 Å². The molecule has 1 unspecified atom stereocenters. The molecule has 1 atom stereocenters. The highest BCUT2D eigenvalue weighted by Gasteiger charge is 2.31. The van der Waals surface area contributed by atoms with Crippen molar-refractivity contribution in [2.75, 3.05) is 39.3 Å². The molecular weight excluding hydrogens is 380 g/mol. The minimum absolute atomic E-state index is 0.134. The second kappa shape index (κ2) is 9.69. The quantitative estimate of drug-likeness (QED) is 0.583. The number of guanidine groups is 1. The Morgan fingerprint density at radius 1 is 1.17 bits per heavy atom. The third-order valence-corrected chi connectivity index (χ3v) is 6.44. The molecule has 2 aliphatic heterocycles. The molecule has 1 amide bonds. The molecule has 3 aliphatic rings. The predicted molar refractivity (Wildman–Crippen MR) is 117 cm³/mol.